The fourth-order valence-electron chi connectivity index (χ4n) is 1.23. The molecule has 1 aromatic carbocycles. The van der Waals surface area contributed by atoms with Gasteiger partial charge in [-0.05, 0) is 18.2 Å². The van der Waals surface area contributed by atoms with Gasteiger partial charge in [0.15, 0.2) is 0 Å². The first-order valence-electron chi connectivity index (χ1n) is 4.76. The van der Waals surface area contributed by atoms with Crippen LogP contribution in [0.5, 0.6) is 5.75 Å². The number of hydrogen-bond acceptors (Lipinski definition) is 6. The summed E-state index contributed by atoms with van der Waals surface area (Å²) in [6.45, 7) is 0. The Labute approximate surface area is 96.2 Å². The Balaban J connectivity index is 2.37. The average molecular weight is 234 g/mol. The molecule has 1 heterocycles. The van der Waals surface area contributed by atoms with Crippen LogP contribution in [0, 0.1) is 0 Å². The summed E-state index contributed by atoms with van der Waals surface area (Å²) >= 11 is 0. The molecule has 7 nitrogen and oxygen atoms in total. The molecule has 0 fully saturated rings. The van der Waals surface area contributed by atoms with Gasteiger partial charge in [0.25, 0.3) is 17.6 Å². The van der Waals surface area contributed by atoms with E-state index in [0.717, 1.165) is 0 Å². The van der Waals surface area contributed by atoms with Crippen molar-refractivity contribution in [1.82, 2.24) is 15.5 Å². The van der Waals surface area contributed by atoms with E-state index in [2.05, 4.69) is 15.5 Å². The van der Waals surface area contributed by atoms with E-state index in [1.165, 1.54) is 19.2 Å². The molecular weight excluding hydrogens is 224 g/mol. The zero-order valence-corrected chi connectivity index (χ0v) is 8.97. The molecule has 0 radical (unpaired) electrons. The standard InChI is InChI=1S/C10H10N4O3/c1-12-9(16)8-13-10(17-14-8)5-2-3-7(15)6(11)4-5/h2-4,15H,11H2,1H3,(H,12,16). The number of amides is 1. The monoisotopic (exact) mass is 234 g/mol. The topological polar surface area (TPSA) is 114 Å². The lowest BCUT2D eigenvalue weighted by Gasteiger charge is -1.99. The third-order valence-electron chi connectivity index (χ3n) is 2.13. The number of anilines is 1. The molecule has 4 N–H and O–H groups in total. The highest BCUT2D eigenvalue weighted by molar-refractivity contribution is 5.90. The Morgan fingerprint density at radius 2 is 2.29 bits per heavy atom. The molecule has 2 rings (SSSR count). The number of nitrogens with zero attached hydrogens (tertiary/aromatic N) is 2. The van der Waals surface area contributed by atoms with Gasteiger partial charge in [-0.3, -0.25) is 4.79 Å². The molecule has 0 saturated carbocycles. The minimum Gasteiger partial charge on any atom is -0.506 e. The fraction of sp³-hybridized carbons (Fsp3) is 0.100. The van der Waals surface area contributed by atoms with Gasteiger partial charge in [-0.1, -0.05) is 5.16 Å². The van der Waals surface area contributed by atoms with Crippen molar-refractivity contribution in [1.29, 1.82) is 0 Å². The average Bonchev–Trinajstić information content (AvgIpc) is 2.81. The minimum absolute atomic E-state index is 0.0280. The van der Waals surface area contributed by atoms with E-state index < -0.39 is 5.91 Å². The number of carbonyl (C=O) groups excluding carboxylic acids is 1. The Kier molecular flexibility index (Phi) is 2.65. The van der Waals surface area contributed by atoms with E-state index in [9.17, 15) is 9.90 Å². The SMILES string of the molecule is CNC(=O)c1noc(-c2ccc(O)c(N)c2)n1. The number of carbonyl (C=O) groups is 1. The number of aromatic hydroxyl groups is 1. The summed E-state index contributed by atoms with van der Waals surface area (Å²) in [6.07, 6.45) is 0. The molecule has 0 aliphatic heterocycles. The number of rotatable bonds is 2. The van der Waals surface area contributed by atoms with Crippen LogP contribution in [0.25, 0.3) is 11.5 Å². The quantitative estimate of drug-likeness (QED) is 0.511. The molecule has 7 heteroatoms. The highest BCUT2D eigenvalue weighted by Crippen LogP contribution is 2.26. The second-order valence-electron chi connectivity index (χ2n) is 3.28. The smallest absolute Gasteiger partial charge is 0.292 e. The van der Waals surface area contributed by atoms with Crippen LogP contribution >= 0.6 is 0 Å². The van der Waals surface area contributed by atoms with Gasteiger partial charge in [-0.15, -0.1) is 0 Å². The van der Waals surface area contributed by atoms with Crippen LogP contribution in [0.1, 0.15) is 10.6 Å². The van der Waals surface area contributed by atoms with Gasteiger partial charge < -0.3 is 20.7 Å². The second-order valence-corrected chi connectivity index (χ2v) is 3.28. The van der Waals surface area contributed by atoms with Crippen LogP contribution in [0.4, 0.5) is 5.69 Å². The van der Waals surface area contributed by atoms with E-state index in [1.807, 2.05) is 0 Å². The van der Waals surface area contributed by atoms with Crippen LogP contribution in [0.2, 0.25) is 0 Å². The Hall–Kier alpha value is -2.57. The molecule has 2 aromatic rings. The first-order valence-corrected chi connectivity index (χ1v) is 4.76. The largest absolute Gasteiger partial charge is 0.506 e. The van der Waals surface area contributed by atoms with E-state index in [-0.39, 0.29) is 23.2 Å². The molecule has 1 amide bonds. The van der Waals surface area contributed by atoms with Crippen LogP contribution in [-0.4, -0.2) is 28.2 Å². The lowest BCUT2D eigenvalue weighted by Crippen LogP contribution is -2.19. The molecule has 0 saturated heterocycles. The lowest BCUT2D eigenvalue weighted by molar-refractivity contribution is 0.0950. The van der Waals surface area contributed by atoms with Crippen LogP contribution < -0.4 is 11.1 Å². The second kappa shape index (κ2) is 4.12. The first kappa shape index (κ1) is 10.9. The van der Waals surface area contributed by atoms with Gasteiger partial charge in [0.05, 0.1) is 5.69 Å². The van der Waals surface area contributed by atoms with Crippen molar-refractivity contribution in [2.45, 2.75) is 0 Å². The first-order chi connectivity index (χ1) is 8.11. The normalized spacial score (nSPS) is 10.2. The number of hydrogen-bond donors (Lipinski definition) is 3. The molecule has 0 unspecified atom stereocenters. The van der Waals surface area contributed by atoms with Crippen molar-refractivity contribution in [2.75, 3.05) is 12.8 Å². The fourth-order valence-corrected chi connectivity index (χ4v) is 1.23. The van der Waals surface area contributed by atoms with Gasteiger partial charge in [-0.25, -0.2) is 0 Å². The van der Waals surface area contributed by atoms with Crippen molar-refractivity contribution in [2.24, 2.45) is 0 Å². The van der Waals surface area contributed by atoms with Crippen molar-refractivity contribution in [3.8, 4) is 17.2 Å². The third kappa shape index (κ3) is 2.03. The van der Waals surface area contributed by atoms with Crippen molar-refractivity contribution >= 4 is 11.6 Å². The number of benzene rings is 1. The summed E-state index contributed by atoms with van der Waals surface area (Å²) in [4.78, 5) is 15.1. The summed E-state index contributed by atoms with van der Waals surface area (Å²) in [5.74, 6) is -0.365. The molecule has 0 atom stereocenters. The molecule has 0 bridgehead atoms. The molecule has 1 aromatic heterocycles. The maximum Gasteiger partial charge on any atom is 0.292 e. The lowest BCUT2D eigenvalue weighted by atomic mass is 10.2. The van der Waals surface area contributed by atoms with E-state index in [0.29, 0.717) is 5.56 Å². The number of nitrogen functional groups attached to an aromatic ring is 1. The highest BCUT2D eigenvalue weighted by Gasteiger charge is 2.14. The van der Waals surface area contributed by atoms with Gasteiger partial charge in [0.1, 0.15) is 5.75 Å². The summed E-state index contributed by atoms with van der Waals surface area (Å²) in [7, 11) is 1.47. The predicted octanol–water partition coefficient (Wildman–Crippen LogP) is 0.384. The Morgan fingerprint density at radius 3 is 2.94 bits per heavy atom. The molecule has 88 valence electrons. The summed E-state index contributed by atoms with van der Waals surface area (Å²) in [6, 6.07) is 4.46. The Bertz CT molecular complexity index is 564. The van der Waals surface area contributed by atoms with Gasteiger partial charge in [0, 0.05) is 12.6 Å². The van der Waals surface area contributed by atoms with Crippen molar-refractivity contribution in [3.05, 3.63) is 24.0 Å². The van der Waals surface area contributed by atoms with Crippen LogP contribution in [0.3, 0.4) is 0 Å². The van der Waals surface area contributed by atoms with Crippen LogP contribution in [0.15, 0.2) is 22.7 Å². The molecule has 0 spiro atoms. The Morgan fingerprint density at radius 1 is 1.53 bits per heavy atom. The number of phenolic OH excluding ortho intramolecular Hbond substituents is 1. The summed E-state index contributed by atoms with van der Waals surface area (Å²) in [5.41, 5.74) is 6.26. The number of nitrogens with two attached hydrogens (primary N) is 1. The molecule has 0 aliphatic carbocycles. The highest BCUT2D eigenvalue weighted by atomic mass is 16.5. The minimum atomic E-state index is -0.438. The number of nitrogens with one attached hydrogen (secondary N) is 1. The van der Waals surface area contributed by atoms with Crippen LogP contribution in [-0.2, 0) is 0 Å². The summed E-state index contributed by atoms with van der Waals surface area (Å²) < 4.78 is 4.91. The van der Waals surface area contributed by atoms with Crippen molar-refractivity contribution < 1.29 is 14.4 Å². The zero-order chi connectivity index (χ0) is 12.4. The predicted molar refractivity (Wildman–Crippen MR) is 59.2 cm³/mol. The third-order valence-corrected chi connectivity index (χ3v) is 2.13. The van der Waals surface area contributed by atoms with Gasteiger partial charge in [-0.2, -0.15) is 4.98 Å². The molecule has 17 heavy (non-hydrogen) atoms. The van der Waals surface area contributed by atoms with Crippen molar-refractivity contribution in [3.63, 3.8) is 0 Å². The van der Waals surface area contributed by atoms with E-state index in [4.69, 9.17) is 10.3 Å². The van der Waals surface area contributed by atoms with Gasteiger partial charge >= 0.3 is 0 Å². The number of aromatic nitrogens is 2. The maximum absolute atomic E-state index is 11.2. The van der Waals surface area contributed by atoms with Gasteiger partial charge in [0.2, 0.25) is 0 Å². The number of phenols is 1. The molecular formula is C10H10N4O3. The summed E-state index contributed by atoms with van der Waals surface area (Å²) in [5, 5.41) is 15.2. The molecule has 0 aliphatic rings. The zero-order valence-electron chi connectivity index (χ0n) is 8.97. The maximum atomic E-state index is 11.2. The van der Waals surface area contributed by atoms with E-state index in [1.54, 1.807) is 6.07 Å². The van der Waals surface area contributed by atoms with E-state index >= 15 is 0 Å².